The number of nitrogens with one attached hydrogen (secondary N) is 1. The summed E-state index contributed by atoms with van der Waals surface area (Å²) in [5.41, 5.74) is 1.07. The van der Waals surface area contributed by atoms with E-state index in [9.17, 15) is 0 Å². The van der Waals surface area contributed by atoms with Crippen molar-refractivity contribution in [2.75, 3.05) is 27.1 Å². The van der Waals surface area contributed by atoms with Crippen LogP contribution in [-0.2, 0) is 11.3 Å². The lowest BCUT2D eigenvalue weighted by atomic mass is 10.1. The Morgan fingerprint density at radius 2 is 2.05 bits per heavy atom. The molecule has 0 radical (unpaired) electrons. The van der Waals surface area contributed by atoms with Gasteiger partial charge in [-0.3, -0.25) is 0 Å². The maximum atomic E-state index is 5.94. The molecule has 1 N–H and O–H groups in total. The van der Waals surface area contributed by atoms with Gasteiger partial charge in [0.1, 0.15) is 11.9 Å². The predicted molar refractivity (Wildman–Crippen MR) is 76.5 cm³/mol. The van der Waals surface area contributed by atoms with Crippen LogP contribution in [0.5, 0.6) is 17.2 Å². The maximum absolute atomic E-state index is 5.94. The molecule has 0 bridgehead atoms. The van der Waals surface area contributed by atoms with E-state index >= 15 is 0 Å². The first-order chi connectivity index (χ1) is 9.74. The molecule has 1 heterocycles. The second-order valence-electron chi connectivity index (χ2n) is 4.87. The molecule has 0 saturated carbocycles. The molecule has 0 saturated heterocycles. The van der Waals surface area contributed by atoms with Gasteiger partial charge in [-0.25, -0.2) is 0 Å². The molecule has 0 aromatic heterocycles. The third-order valence-corrected chi connectivity index (χ3v) is 3.03. The van der Waals surface area contributed by atoms with Crippen LogP contribution in [0, 0.1) is 0 Å². The van der Waals surface area contributed by atoms with Crippen molar-refractivity contribution in [3.63, 3.8) is 0 Å². The van der Waals surface area contributed by atoms with Gasteiger partial charge in [-0.15, -0.1) is 0 Å². The molecule has 1 aliphatic rings. The molecule has 20 heavy (non-hydrogen) atoms. The summed E-state index contributed by atoms with van der Waals surface area (Å²) in [4.78, 5) is 0. The standard InChI is InChI=1S/C15H23NO4/c1-4-5-16-8-12-6-14-15(19-10-18-14)7-13(12)20-11(2)9-17-3/h6-7,11,16H,4-5,8-10H2,1-3H3. The number of methoxy groups -OCH3 is 1. The fourth-order valence-corrected chi connectivity index (χ4v) is 2.10. The summed E-state index contributed by atoms with van der Waals surface area (Å²) < 4.78 is 21.9. The molecule has 0 aliphatic carbocycles. The Bertz CT molecular complexity index is 436. The Hall–Kier alpha value is -1.46. The van der Waals surface area contributed by atoms with Crippen LogP contribution >= 0.6 is 0 Å². The van der Waals surface area contributed by atoms with Crippen molar-refractivity contribution in [1.29, 1.82) is 0 Å². The number of hydrogen-bond acceptors (Lipinski definition) is 5. The van der Waals surface area contributed by atoms with E-state index in [1.807, 2.05) is 19.1 Å². The molecule has 5 heteroatoms. The molecule has 5 nitrogen and oxygen atoms in total. The van der Waals surface area contributed by atoms with Gasteiger partial charge >= 0.3 is 0 Å². The number of ether oxygens (including phenoxy) is 4. The summed E-state index contributed by atoms with van der Waals surface area (Å²) in [6.07, 6.45) is 1.09. The molecular weight excluding hydrogens is 258 g/mol. The molecular formula is C15H23NO4. The smallest absolute Gasteiger partial charge is 0.231 e. The number of fused-ring (bicyclic) bond motifs is 1. The van der Waals surface area contributed by atoms with E-state index < -0.39 is 0 Å². The second-order valence-corrected chi connectivity index (χ2v) is 4.87. The molecule has 0 amide bonds. The number of benzene rings is 1. The summed E-state index contributed by atoms with van der Waals surface area (Å²) in [5, 5.41) is 3.38. The van der Waals surface area contributed by atoms with Gasteiger partial charge in [-0.2, -0.15) is 0 Å². The van der Waals surface area contributed by atoms with Crippen molar-refractivity contribution in [2.24, 2.45) is 0 Å². The third kappa shape index (κ3) is 3.77. The lowest BCUT2D eigenvalue weighted by Crippen LogP contribution is -2.20. The van der Waals surface area contributed by atoms with E-state index in [4.69, 9.17) is 18.9 Å². The molecule has 1 unspecified atom stereocenters. The van der Waals surface area contributed by atoms with Crippen LogP contribution in [0.1, 0.15) is 25.8 Å². The van der Waals surface area contributed by atoms with Gasteiger partial charge in [0.15, 0.2) is 11.5 Å². The van der Waals surface area contributed by atoms with Crippen LogP contribution in [0.15, 0.2) is 12.1 Å². The van der Waals surface area contributed by atoms with Crippen LogP contribution in [0.2, 0.25) is 0 Å². The van der Waals surface area contributed by atoms with Gasteiger partial charge in [0.25, 0.3) is 0 Å². The first kappa shape index (κ1) is 14.9. The van der Waals surface area contributed by atoms with Gasteiger partial charge in [0, 0.05) is 25.3 Å². The molecule has 1 aromatic carbocycles. The SMILES string of the molecule is CCCNCc1cc2c(cc1OC(C)COC)OCO2. The summed E-state index contributed by atoms with van der Waals surface area (Å²) in [7, 11) is 1.67. The van der Waals surface area contributed by atoms with E-state index in [-0.39, 0.29) is 12.9 Å². The van der Waals surface area contributed by atoms with E-state index in [1.54, 1.807) is 7.11 Å². The Kier molecular flexibility index (Phi) is 5.49. The first-order valence-corrected chi connectivity index (χ1v) is 7.03. The van der Waals surface area contributed by atoms with Crippen LogP contribution in [0.3, 0.4) is 0 Å². The zero-order valence-corrected chi connectivity index (χ0v) is 12.4. The van der Waals surface area contributed by atoms with Gasteiger partial charge in [-0.05, 0) is 26.0 Å². The average molecular weight is 281 g/mol. The van der Waals surface area contributed by atoms with Crippen molar-refractivity contribution in [3.8, 4) is 17.2 Å². The highest BCUT2D eigenvalue weighted by Crippen LogP contribution is 2.38. The minimum Gasteiger partial charge on any atom is -0.488 e. The van der Waals surface area contributed by atoms with E-state index in [0.717, 1.165) is 42.3 Å². The highest BCUT2D eigenvalue weighted by molar-refractivity contribution is 5.51. The summed E-state index contributed by atoms with van der Waals surface area (Å²) in [6, 6.07) is 3.89. The van der Waals surface area contributed by atoms with Crippen molar-refractivity contribution in [3.05, 3.63) is 17.7 Å². The largest absolute Gasteiger partial charge is 0.488 e. The minimum absolute atomic E-state index is 0.00898. The normalized spacial score (nSPS) is 14.3. The maximum Gasteiger partial charge on any atom is 0.231 e. The molecule has 112 valence electrons. The Balaban J connectivity index is 2.13. The Labute approximate surface area is 120 Å². The average Bonchev–Trinajstić information content (AvgIpc) is 2.86. The molecule has 2 rings (SSSR count). The highest BCUT2D eigenvalue weighted by atomic mass is 16.7. The van der Waals surface area contributed by atoms with E-state index in [2.05, 4.69) is 12.2 Å². The molecule has 1 aliphatic heterocycles. The first-order valence-electron chi connectivity index (χ1n) is 7.03. The van der Waals surface area contributed by atoms with Gasteiger partial charge in [0.05, 0.1) is 6.61 Å². The fraction of sp³-hybridized carbons (Fsp3) is 0.600. The van der Waals surface area contributed by atoms with Crippen molar-refractivity contribution >= 4 is 0 Å². The molecule has 0 spiro atoms. The van der Waals surface area contributed by atoms with Gasteiger partial charge < -0.3 is 24.3 Å². The lowest BCUT2D eigenvalue weighted by Gasteiger charge is -2.17. The highest BCUT2D eigenvalue weighted by Gasteiger charge is 2.19. The van der Waals surface area contributed by atoms with Crippen LogP contribution in [0.25, 0.3) is 0 Å². The topological polar surface area (TPSA) is 49.0 Å². The number of rotatable bonds is 8. The monoisotopic (exact) mass is 281 g/mol. The van der Waals surface area contributed by atoms with E-state index in [0.29, 0.717) is 6.61 Å². The van der Waals surface area contributed by atoms with Crippen molar-refractivity contribution in [2.45, 2.75) is 32.9 Å². The Morgan fingerprint density at radius 1 is 1.30 bits per heavy atom. The molecule has 0 fully saturated rings. The fourth-order valence-electron chi connectivity index (χ4n) is 2.10. The quantitative estimate of drug-likeness (QED) is 0.741. The van der Waals surface area contributed by atoms with E-state index in [1.165, 1.54) is 0 Å². The number of hydrogen-bond donors (Lipinski definition) is 1. The second kappa shape index (κ2) is 7.36. The molecule has 1 aromatic rings. The Morgan fingerprint density at radius 3 is 2.75 bits per heavy atom. The zero-order valence-electron chi connectivity index (χ0n) is 12.4. The van der Waals surface area contributed by atoms with Crippen LogP contribution in [0.4, 0.5) is 0 Å². The summed E-state index contributed by atoms with van der Waals surface area (Å²) in [6.45, 7) is 6.67. The van der Waals surface area contributed by atoms with Gasteiger partial charge in [-0.1, -0.05) is 6.92 Å². The van der Waals surface area contributed by atoms with Crippen LogP contribution < -0.4 is 19.5 Å². The summed E-state index contributed by atoms with van der Waals surface area (Å²) >= 11 is 0. The van der Waals surface area contributed by atoms with Crippen LogP contribution in [-0.4, -0.2) is 33.2 Å². The van der Waals surface area contributed by atoms with Crippen molar-refractivity contribution < 1.29 is 18.9 Å². The molecule has 1 atom stereocenters. The van der Waals surface area contributed by atoms with Crippen molar-refractivity contribution in [1.82, 2.24) is 5.32 Å². The predicted octanol–water partition coefficient (Wildman–Crippen LogP) is 2.33. The zero-order chi connectivity index (χ0) is 14.4. The lowest BCUT2D eigenvalue weighted by molar-refractivity contribution is 0.0911. The summed E-state index contributed by atoms with van der Waals surface area (Å²) in [5.74, 6) is 2.34. The minimum atomic E-state index is -0.00898. The van der Waals surface area contributed by atoms with Gasteiger partial charge in [0.2, 0.25) is 6.79 Å². The third-order valence-electron chi connectivity index (χ3n) is 3.03.